The first-order chi connectivity index (χ1) is 9.72. The highest BCUT2D eigenvalue weighted by atomic mass is 28.4. The lowest BCUT2D eigenvalue weighted by Crippen LogP contribution is -2.40. The zero-order chi connectivity index (χ0) is 15.7. The molecule has 2 nitrogen and oxygen atoms in total. The fourth-order valence-corrected chi connectivity index (χ4v) is 3.66. The molecule has 0 amide bonds. The van der Waals surface area contributed by atoms with Crippen molar-refractivity contribution >= 4 is 8.32 Å². The maximum Gasteiger partial charge on any atom is 0.192 e. The van der Waals surface area contributed by atoms with Crippen molar-refractivity contribution in [1.82, 2.24) is 0 Å². The van der Waals surface area contributed by atoms with Crippen LogP contribution in [0.3, 0.4) is 0 Å². The zero-order valence-corrected chi connectivity index (χ0v) is 15.2. The quantitative estimate of drug-likeness (QED) is 0.631. The van der Waals surface area contributed by atoms with Crippen molar-refractivity contribution in [3.63, 3.8) is 0 Å². The summed E-state index contributed by atoms with van der Waals surface area (Å²) in [6.07, 6.45) is 3.93. The van der Waals surface area contributed by atoms with Crippen molar-refractivity contribution in [3.05, 3.63) is 34.9 Å². The molecule has 0 spiro atoms. The molecule has 1 aromatic rings. The van der Waals surface area contributed by atoms with Crippen LogP contribution in [0.4, 0.5) is 0 Å². The van der Waals surface area contributed by atoms with Gasteiger partial charge < -0.3 is 9.53 Å². The minimum absolute atomic E-state index is 0.220. The highest BCUT2D eigenvalue weighted by Gasteiger charge is 2.37. The van der Waals surface area contributed by atoms with Crippen LogP contribution < -0.4 is 0 Å². The van der Waals surface area contributed by atoms with E-state index in [4.69, 9.17) is 4.43 Å². The molecular weight excluding hydrogens is 276 g/mol. The molecule has 2 rings (SSSR count). The van der Waals surface area contributed by atoms with Gasteiger partial charge in [0.25, 0.3) is 0 Å². The maximum absolute atomic E-state index is 10.5. The molecule has 0 radical (unpaired) electrons. The average Bonchev–Trinajstić information content (AvgIpc) is 2.58. The van der Waals surface area contributed by atoms with Gasteiger partial charge in [-0.05, 0) is 54.1 Å². The lowest BCUT2D eigenvalue weighted by atomic mass is 9.96. The molecule has 0 heterocycles. The predicted molar refractivity (Wildman–Crippen MR) is 90.9 cm³/mol. The molecule has 1 aromatic carbocycles. The summed E-state index contributed by atoms with van der Waals surface area (Å²) in [6.45, 7) is 12.0. The Morgan fingerprint density at radius 1 is 1.24 bits per heavy atom. The highest BCUT2D eigenvalue weighted by Crippen LogP contribution is 2.38. The van der Waals surface area contributed by atoms with E-state index in [-0.39, 0.29) is 11.1 Å². The van der Waals surface area contributed by atoms with Crippen LogP contribution in [-0.2, 0) is 17.5 Å². The third-order valence-corrected chi connectivity index (χ3v) is 9.67. The Labute approximate surface area is 130 Å². The number of aryl methyl sites for hydroxylation is 1. The molecule has 0 saturated carbocycles. The molecule has 1 unspecified atom stereocenters. The summed E-state index contributed by atoms with van der Waals surface area (Å²) in [5.41, 5.74) is 3.65. The van der Waals surface area contributed by atoms with Crippen molar-refractivity contribution in [2.45, 2.75) is 77.3 Å². The Morgan fingerprint density at radius 3 is 2.62 bits per heavy atom. The molecule has 0 fully saturated rings. The summed E-state index contributed by atoms with van der Waals surface area (Å²) >= 11 is 0. The summed E-state index contributed by atoms with van der Waals surface area (Å²) < 4.78 is 6.36. The van der Waals surface area contributed by atoms with Crippen molar-refractivity contribution in [2.75, 3.05) is 0 Å². The standard InChI is InChI=1S/C18H30O2Si/c1-18(2,3)21(4,5)20-13-15-11-8-10-14-9-6-7-12-16(19)17(14)15/h8,10-11,16,19H,6-7,9,12-13H2,1-5H3. The van der Waals surface area contributed by atoms with E-state index in [0.29, 0.717) is 6.61 Å². The molecule has 1 N–H and O–H groups in total. The van der Waals surface area contributed by atoms with Gasteiger partial charge in [-0.1, -0.05) is 45.4 Å². The number of fused-ring (bicyclic) bond motifs is 1. The molecule has 0 saturated heterocycles. The third kappa shape index (κ3) is 3.76. The fraction of sp³-hybridized carbons (Fsp3) is 0.667. The molecule has 1 aliphatic rings. The number of benzene rings is 1. The smallest absolute Gasteiger partial charge is 0.192 e. The van der Waals surface area contributed by atoms with Crippen molar-refractivity contribution in [3.8, 4) is 0 Å². The second-order valence-corrected chi connectivity index (χ2v) is 12.6. The van der Waals surface area contributed by atoms with Gasteiger partial charge in [-0.15, -0.1) is 0 Å². The van der Waals surface area contributed by atoms with Crippen LogP contribution >= 0.6 is 0 Å². The van der Waals surface area contributed by atoms with Gasteiger partial charge in [0, 0.05) is 0 Å². The monoisotopic (exact) mass is 306 g/mol. The minimum atomic E-state index is -1.75. The van der Waals surface area contributed by atoms with Crippen LogP contribution in [0.25, 0.3) is 0 Å². The van der Waals surface area contributed by atoms with Crippen molar-refractivity contribution in [2.24, 2.45) is 0 Å². The van der Waals surface area contributed by atoms with Gasteiger partial charge in [-0.25, -0.2) is 0 Å². The molecule has 118 valence electrons. The molecule has 1 aliphatic carbocycles. The largest absolute Gasteiger partial charge is 0.413 e. The second kappa shape index (κ2) is 6.23. The summed E-state index contributed by atoms with van der Waals surface area (Å²) in [6, 6.07) is 6.40. The molecule has 21 heavy (non-hydrogen) atoms. The van der Waals surface area contributed by atoms with Crippen LogP contribution in [0, 0.1) is 0 Å². The van der Waals surface area contributed by atoms with Gasteiger partial charge in [0.15, 0.2) is 8.32 Å². The van der Waals surface area contributed by atoms with Gasteiger partial charge in [-0.2, -0.15) is 0 Å². The van der Waals surface area contributed by atoms with Crippen LogP contribution in [0.1, 0.15) is 62.8 Å². The maximum atomic E-state index is 10.5. The average molecular weight is 307 g/mol. The van der Waals surface area contributed by atoms with E-state index in [0.717, 1.165) is 24.8 Å². The van der Waals surface area contributed by atoms with Crippen LogP contribution in [0.2, 0.25) is 18.1 Å². The number of hydrogen-bond acceptors (Lipinski definition) is 2. The van der Waals surface area contributed by atoms with E-state index in [1.54, 1.807) is 0 Å². The Morgan fingerprint density at radius 2 is 1.95 bits per heavy atom. The van der Waals surface area contributed by atoms with Gasteiger partial charge in [-0.3, -0.25) is 0 Å². The summed E-state index contributed by atoms with van der Waals surface area (Å²) in [5, 5.41) is 10.7. The van der Waals surface area contributed by atoms with E-state index in [2.05, 4.69) is 52.1 Å². The van der Waals surface area contributed by atoms with Gasteiger partial charge in [0.2, 0.25) is 0 Å². The Bertz CT molecular complexity index is 488. The summed E-state index contributed by atoms with van der Waals surface area (Å²) in [4.78, 5) is 0. The SMILES string of the molecule is CC(C)(C)[Si](C)(C)OCc1cccc2c1C(O)CCCC2. The Balaban J connectivity index is 2.22. The molecule has 0 aromatic heterocycles. The number of aliphatic hydroxyl groups is 1. The molecule has 0 bridgehead atoms. The van der Waals surface area contributed by atoms with Crippen LogP contribution in [0.15, 0.2) is 18.2 Å². The van der Waals surface area contributed by atoms with E-state index in [1.165, 1.54) is 17.5 Å². The van der Waals surface area contributed by atoms with Gasteiger partial charge in [0.05, 0.1) is 12.7 Å². The van der Waals surface area contributed by atoms with Crippen molar-refractivity contribution in [1.29, 1.82) is 0 Å². The summed E-state index contributed by atoms with van der Waals surface area (Å²) in [5.74, 6) is 0. The lowest BCUT2D eigenvalue weighted by Gasteiger charge is -2.36. The molecule has 3 heteroatoms. The first-order valence-corrected chi connectivity index (χ1v) is 11.1. The zero-order valence-electron chi connectivity index (χ0n) is 14.2. The molecule has 0 aliphatic heterocycles. The Kier molecular flexibility index (Phi) is 4.96. The second-order valence-electron chi connectivity index (χ2n) is 7.80. The third-order valence-electron chi connectivity index (χ3n) is 5.19. The predicted octanol–water partition coefficient (Wildman–Crippen LogP) is 4.97. The topological polar surface area (TPSA) is 29.5 Å². The molecule has 1 atom stereocenters. The highest BCUT2D eigenvalue weighted by molar-refractivity contribution is 6.74. The van der Waals surface area contributed by atoms with Crippen molar-refractivity contribution < 1.29 is 9.53 Å². The lowest BCUT2D eigenvalue weighted by molar-refractivity contribution is 0.163. The summed E-state index contributed by atoms with van der Waals surface area (Å²) in [7, 11) is -1.75. The van der Waals surface area contributed by atoms with E-state index < -0.39 is 8.32 Å². The number of rotatable bonds is 3. The van der Waals surface area contributed by atoms with Gasteiger partial charge in [0.1, 0.15) is 0 Å². The normalized spacial score (nSPS) is 20.0. The van der Waals surface area contributed by atoms with E-state index in [1.807, 2.05) is 0 Å². The number of aliphatic hydroxyl groups excluding tert-OH is 1. The van der Waals surface area contributed by atoms with Crippen LogP contribution in [-0.4, -0.2) is 13.4 Å². The van der Waals surface area contributed by atoms with E-state index >= 15 is 0 Å². The van der Waals surface area contributed by atoms with Crippen LogP contribution in [0.5, 0.6) is 0 Å². The first kappa shape index (κ1) is 16.7. The molecular formula is C18H30O2Si. The minimum Gasteiger partial charge on any atom is -0.413 e. The van der Waals surface area contributed by atoms with Gasteiger partial charge >= 0.3 is 0 Å². The Hall–Kier alpha value is -0.643. The van der Waals surface area contributed by atoms with E-state index in [9.17, 15) is 5.11 Å². The fourth-order valence-electron chi connectivity index (χ4n) is 2.71. The number of hydrogen-bond donors (Lipinski definition) is 1. The first-order valence-electron chi connectivity index (χ1n) is 8.15.